The zero-order valence-corrected chi connectivity index (χ0v) is 23.9. The van der Waals surface area contributed by atoms with Gasteiger partial charge < -0.3 is 30.1 Å². The molecule has 0 unspecified atom stereocenters. The Morgan fingerprint density at radius 1 is 0.786 bits per heavy atom. The number of rotatable bonds is 14. The predicted molar refractivity (Wildman–Crippen MR) is 161 cm³/mol. The monoisotopic (exact) mass is 601 g/mol. The lowest BCUT2D eigenvalue weighted by Crippen LogP contribution is -2.42. The van der Waals surface area contributed by atoms with Crippen LogP contribution in [0.4, 0.5) is 0 Å². The van der Waals surface area contributed by atoms with E-state index in [0.717, 1.165) is 22.3 Å². The van der Waals surface area contributed by atoms with Crippen molar-refractivity contribution in [1.29, 1.82) is 0 Å². The Bertz CT molecular complexity index is 1480. The lowest BCUT2D eigenvalue weighted by Gasteiger charge is -2.18. The van der Waals surface area contributed by atoms with E-state index in [0.29, 0.717) is 18.1 Å². The summed E-state index contributed by atoms with van der Waals surface area (Å²) < 4.78 is 38.6. The summed E-state index contributed by atoms with van der Waals surface area (Å²) >= 11 is 6.85. The van der Waals surface area contributed by atoms with Gasteiger partial charge >= 0.3 is 17.9 Å². The van der Waals surface area contributed by atoms with Gasteiger partial charge in [0.1, 0.15) is 12.3 Å². The van der Waals surface area contributed by atoms with E-state index in [4.69, 9.17) is 42.2 Å². The molecule has 3 aromatic rings. The van der Waals surface area contributed by atoms with Gasteiger partial charge in [-0.1, -0.05) is 98.2 Å². The van der Waals surface area contributed by atoms with Crippen molar-refractivity contribution in [2.45, 2.75) is 32.3 Å². The number of hydrogen-bond donors (Lipinski definition) is 4. The van der Waals surface area contributed by atoms with Crippen LogP contribution in [0.25, 0.3) is 10.6 Å². The lowest BCUT2D eigenvalue weighted by atomic mass is 9.95. The van der Waals surface area contributed by atoms with Crippen molar-refractivity contribution in [1.82, 2.24) is 4.90 Å². The molecule has 0 saturated carbocycles. The van der Waals surface area contributed by atoms with Gasteiger partial charge in [-0.3, -0.25) is 9.59 Å². The van der Waals surface area contributed by atoms with Crippen molar-refractivity contribution in [2.24, 2.45) is 0 Å². The van der Waals surface area contributed by atoms with E-state index < -0.39 is 49.4 Å². The van der Waals surface area contributed by atoms with Gasteiger partial charge in [-0.15, -0.1) is 0 Å². The van der Waals surface area contributed by atoms with Crippen LogP contribution in [0.15, 0.2) is 84.9 Å². The SMILES string of the molecule is O=C(O)CC(O)(CC(=O)O)C(=O)O.[2H]C([2H])(Oc1ccc(/C(=C(/Cl)c2ccccc2)c2ccccc2)cc1)C([2H])([2H])N(CC)CC. The first kappa shape index (κ1) is 28.0. The molecule has 224 valence electrons. The van der Waals surface area contributed by atoms with Crippen molar-refractivity contribution in [3.05, 3.63) is 102 Å². The van der Waals surface area contributed by atoms with Crippen LogP contribution in [0.2, 0.25) is 0 Å². The minimum atomic E-state index is -2.74. The number of ether oxygens (including phenoxy) is 1. The second kappa shape index (κ2) is 16.9. The van der Waals surface area contributed by atoms with E-state index >= 15 is 0 Å². The normalized spacial score (nSPS) is 13.7. The summed E-state index contributed by atoms with van der Waals surface area (Å²) in [6, 6.07) is 26.4. The van der Waals surface area contributed by atoms with Crippen LogP contribution < -0.4 is 4.74 Å². The minimum Gasteiger partial charge on any atom is -0.492 e. The molecule has 4 N–H and O–H groups in total. The van der Waals surface area contributed by atoms with Crippen LogP contribution in [-0.2, 0) is 14.4 Å². The second-order valence-electron chi connectivity index (χ2n) is 8.91. The van der Waals surface area contributed by atoms with Crippen molar-refractivity contribution < 1.29 is 45.0 Å². The second-order valence-corrected chi connectivity index (χ2v) is 9.29. The van der Waals surface area contributed by atoms with Gasteiger partial charge in [0.2, 0.25) is 0 Å². The maximum atomic E-state index is 10.3. The predicted octanol–water partition coefficient (Wildman–Crippen LogP) is 5.31. The number of aliphatic hydroxyl groups is 1. The molecule has 0 saturated heterocycles. The first-order valence-electron chi connectivity index (χ1n) is 14.9. The van der Waals surface area contributed by atoms with E-state index in [2.05, 4.69) is 0 Å². The number of carboxylic acids is 3. The number of carbonyl (C=O) groups is 3. The number of nitrogens with zero attached hydrogens (tertiary/aromatic N) is 1. The Balaban J connectivity index is 0.000000479. The molecule has 0 fully saturated rings. The maximum Gasteiger partial charge on any atom is 0.336 e. The molecule has 3 rings (SSSR count). The zero-order valence-electron chi connectivity index (χ0n) is 27.2. The van der Waals surface area contributed by atoms with E-state index in [9.17, 15) is 14.4 Å². The molecule has 0 bridgehead atoms. The Labute approximate surface area is 255 Å². The van der Waals surface area contributed by atoms with Gasteiger partial charge in [-0.2, -0.15) is 0 Å². The van der Waals surface area contributed by atoms with Crippen molar-refractivity contribution in [3.8, 4) is 5.75 Å². The highest BCUT2D eigenvalue weighted by molar-refractivity contribution is 6.53. The molecule has 0 amide bonds. The zero-order chi connectivity index (χ0) is 34.7. The summed E-state index contributed by atoms with van der Waals surface area (Å²) in [5.74, 6) is -4.78. The van der Waals surface area contributed by atoms with Gasteiger partial charge in [0, 0.05) is 14.8 Å². The third kappa shape index (κ3) is 10.7. The highest BCUT2D eigenvalue weighted by Gasteiger charge is 2.40. The van der Waals surface area contributed by atoms with Gasteiger partial charge in [-0.25, -0.2) is 4.79 Å². The Morgan fingerprint density at radius 2 is 1.24 bits per heavy atom. The summed E-state index contributed by atoms with van der Waals surface area (Å²) in [6.45, 7) is -0.509. The number of hydrogen-bond acceptors (Lipinski definition) is 6. The first-order valence-corrected chi connectivity index (χ1v) is 13.3. The summed E-state index contributed by atoms with van der Waals surface area (Å²) in [5, 5.41) is 34.4. The van der Waals surface area contributed by atoms with Gasteiger partial charge in [0.15, 0.2) is 5.60 Å². The number of aliphatic carboxylic acids is 3. The van der Waals surface area contributed by atoms with E-state index in [1.54, 1.807) is 26.0 Å². The van der Waals surface area contributed by atoms with Crippen molar-refractivity contribution >= 4 is 40.1 Å². The molecule has 0 atom stereocenters. The van der Waals surface area contributed by atoms with E-state index in [-0.39, 0.29) is 5.75 Å². The number of carboxylic acid groups (broad SMARTS) is 3. The van der Waals surface area contributed by atoms with Crippen LogP contribution in [0.1, 0.15) is 48.9 Å². The minimum absolute atomic E-state index is 0.239. The number of benzene rings is 3. The smallest absolute Gasteiger partial charge is 0.336 e. The van der Waals surface area contributed by atoms with Crippen LogP contribution in [-0.4, -0.2) is 75.0 Å². The standard InChI is InChI=1S/C26H28ClNO.C6H8O7/c1-3-28(4-2)19-20-29-24-17-15-22(16-18-24)25(21-11-7-5-8-12-21)26(27)23-13-9-6-10-14-23;7-3(8)1-6(13,5(11)12)2-4(9)10/h5-18H,3-4,19-20H2,1-2H3;13H,1-2H2,(H,7,8)(H,9,10)(H,11,12)/b26-25+;/i19D2,20D2;. The molecule has 0 aromatic heterocycles. The van der Waals surface area contributed by atoms with Crippen LogP contribution in [0.3, 0.4) is 0 Å². The molecular weight excluding hydrogens is 562 g/mol. The third-order valence-corrected chi connectivity index (χ3v) is 6.28. The maximum absolute atomic E-state index is 10.3. The molecule has 0 radical (unpaired) electrons. The topological polar surface area (TPSA) is 145 Å². The molecule has 0 aliphatic rings. The van der Waals surface area contributed by atoms with E-state index in [1.807, 2.05) is 72.8 Å². The lowest BCUT2D eigenvalue weighted by molar-refractivity contribution is -0.170. The molecule has 42 heavy (non-hydrogen) atoms. The average Bonchev–Trinajstić information content (AvgIpc) is 2.99. The Morgan fingerprint density at radius 3 is 1.67 bits per heavy atom. The molecule has 0 spiro atoms. The number of likely N-dealkylation sites (N-methyl/N-ethyl adjacent to an activating group) is 1. The highest BCUT2D eigenvalue weighted by Crippen LogP contribution is 2.35. The van der Waals surface area contributed by atoms with Gasteiger partial charge in [0.25, 0.3) is 0 Å². The molecule has 9 nitrogen and oxygen atoms in total. The fourth-order valence-electron chi connectivity index (χ4n) is 3.69. The largest absolute Gasteiger partial charge is 0.492 e. The number of halogens is 1. The molecule has 3 aromatic carbocycles. The van der Waals surface area contributed by atoms with Crippen LogP contribution in [0, 0.1) is 0 Å². The Kier molecular flexibility index (Phi) is 11.3. The summed E-state index contributed by atoms with van der Waals surface area (Å²) in [6.07, 6.45) is -2.29. The highest BCUT2D eigenvalue weighted by atomic mass is 35.5. The fourth-order valence-corrected chi connectivity index (χ4v) is 4.03. The molecule has 0 heterocycles. The van der Waals surface area contributed by atoms with Gasteiger partial charge in [0.05, 0.1) is 20.6 Å². The third-order valence-electron chi connectivity index (χ3n) is 5.87. The molecule has 0 aliphatic heterocycles. The van der Waals surface area contributed by atoms with E-state index in [1.165, 1.54) is 4.90 Å². The fraction of sp³-hybridized carbons (Fsp3) is 0.281. The molecule has 10 heteroatoms. The van der Waals surface area contributed by atoms with Crippen LogP contribution in [0.5, 0.6) is 5.75 Å². The van der Waals surface area contributed by atoms with Crippen LogP contribution >= 0.6 is 11.6 Å². The molecular formula is C32H36ClNO8. The Hall–Kier alpha value is -4.18. The average molecular weight is 602 g/mol. The summed E-state index contributed by atoms with van der Waals surface area (Å²) in [4.78, 5) is 31.9. The molecule has 0 aliphatic carbocycles. The summed E-state index contributed by atoms with van der Waals surface area (Å²) in [5.41, 5.74) is 0.791. The summed E-state index contributed by atoms with van der Waals surface area (Å²) in [7, 11) is 0. The first-order chi connectivity index (χ1) is 21.5. The van der Waals surface area contributed by atoms with Crippen molar-refractivity contribution in [3.63, 3.8) is 0 Å². The quantitative estimate of drug-likeness (QED) is 0.181. The van der Waals surface area contributed by atoms with Gasteiger partial charge in [-0.05, 0) is 41.9 Å². The van der Waals surface area contributed by atoms with Crippen molar-refractivity contribution in [2.75, 3.05) is 26.1 Å².